The first kappa shape index (κ1) is 15.6. The van der Waals surface area contributed by atoms with Crippen molar-refractivity contribution in [1.82, 2.24) is 19.8 Å². The monoisotopic (exact) mass is 347 g/mol. The van der Waals surface area contributed by atoms with Crippen LogP contribution in [-0.2, 0) is 0 Å². The molecule has 4 rings (SSSR count). The van der Waals surface area contributed by atoms with E-state index in [1.54, 1.807) is 12.1 Å². The highest BCUT2D eigenvalue weighted by Crippen LogP contribution is 2.33. The molecule has 25 heavy (non-hydrogen) atoms. The maximum Gasteiger partial charge on any atom is 0.299 e. The fourth-order valence-corrected chi connectivity index (χ4v) is 2.65. The fourth-order valence-electron chi connectivity index (χ4n) is 2.65. The van der Waals surface area contributed by atoms with Crippen molar-refractivity contribution < 1.29 is 18.3 Å². The molecule has 3 aromatic rings. The topological polar surface area (TPSA) is 73.6 Å². The van der Waals surface area contributed by atoms with E-state index in [0.29, 0.717) is 30.5 Å². The number of aromatic nitrogens is 4. The maximum atomic E-state index is 12.9. The van der Waals surface area contributed by atoms with Crippen molar-refractivity contribution in [3.63, 3.8) is 0 Å². The van der Waals surface area contributed by atoms with Crippen molar-refractivity contribution in [2.75, 3.05) is 18.5 Å². The Hall–Kier alpha value is -2.97. The summed E-state index contributed by atoms with van der Waals surface area (Å²) in [5.41, 5.74) is 1.23. The normalized spacial score (nSPS) is 14.7. The van der Waals surface area contributed by atoms with E-state index in [1.165, 1.54) is 0 Å². The predicted octanol–water partition coefficient (Wildman–Crippen LogP) is 3.01. The lowest BCUT2D eigenvalue weighted by Gasteiger charge is -2.21. The minimum atomic E-state index is -2.74. The van der Waals surface area contributed by atoms with E-state index in [0.717, 1.165) is 10.1 Å². The zero-order valence-electron chi connectivity index (χ0n) is 13.3. The highest BCUT2D eigenvalue weighted by molar-refractivity contribution is 5.48. The van der Waals surface area contributed by atoms with E-state index in [2.05, 4.69) is 20.6 Å². The predicted molar refractivity (Wildman–Crippen MR) is 85.2 cm³/mol. The fraction of sp³-hybridized carbons (Fsp3) is 0.312. The highest BCUT2D eigenvalue weighted by atomic mass is 19.3. The average Bonchev–Trinajstić information content (AvgIpc) is 3.04. The summed E-state index contributed by atoms with van der Waals surface area (Å²) >= 11 is 0. The number of ether oxygens (including phenoxy) is 2. The number of hydrogen-bond acceptors (Lipinski definition) is 6. The molecule has 1 aliphatic rings. The minimum Gasteiger partial charge on any atom is -0.486 e. The molecule has 1 atom stereocenters. The Morgan fingerprint density at radius 3 is 2.68 bits per heavy atom. The molecule has 9 heteroatoms. The number of alkyl halides is 2. The molecule has 0 bridgehead atoms. The van der Waals surface area contributed by atoms with Gasteiger partial charge in [-0.15, -0.1) is 15.3 Å². The van der Waals surface area contributed by atoms with Crippen LogP contribution in [0, 0.1) is 0 Å². The summed E-state index contributed by atoms with van der Waals surface area (Å²) < 4.78 is 38.0. The van der Waals surface area contributed by atoms with Crippen LogP contribution in [-0.4, -0.2) is 33.0 Å². The Bertz CT molecular complexity index is 915. The molecule has 0 saturated carbocycles. The molecule has 1 N–H and O–H groups in total. The molecular formula is C16H15F2N5O2. The summed E-state index contributed by atoms with van der Waals surface area (Å²) in [6.45, 7) is 2.99. The van der Waals surface area contributed by atoms with Crippen LogP contribution in [0.25, 0.3) is 5.65 Å². The number of hydrogen-bond donors (Lipinski definition) is 1. The zero-order chi connectivity index (χ0) is 17.4. The van der Waals surface area contributed by atoms with Gasteiger partial charge in [-0.25, -0.2) is 8.78 Å². The van der Waals surface area contributed by atoms with Gasteiger partial charge < -0.3 is 14.8 Å². The lowest BCUT2D eigenvalue weighted by Crippen LogP contribution is -2.16. The van der Waals surface area contributed by atoms with Crippen LogP contribution in [0.4, 0.5) is 14.6 Å². The molecule has 7 nitrogen and oxygen atoms in total. The third-order valence-corrected chi connectivity index (χ3v) is 3.91. The summed E-state index contributed by atoms with van der Waals surface area (Å²) in [5, 5.41) is 14.5. The second-order valence-electron chi connectivity index (χ2n) is 5.62. The van der Waals surface area contributed by atoms with Crippen molar-refractivity contribution in [2.24, 2.45) is 0 Å². The Labute approximate surface area is 141 Å². The van der Waals surface area contributed by atoms with Crippen molar-refractivity contribution in [2.45, 2.75) is 19.4 Å². The Morgan fingerprint density at radius 1 is 1.08 bits per heavy atom. The van der Waals surface area contributed by atoms with Gasteiger partial charge in [0.05, 0.1) is 6.04 Å². The Morgan fingerprint density at radius 2 is 1.88 bits per heavy atom. The lowest BCUT2D eigenvalue weighted by molar-refractivity contribution is 0.137. The number of halogens is 2. The molecule has 130 valence electrons. The van der Waals surface area contributed by atoms with Gasteiger partial charge in [0.1, 0.15) is 19.0 Å². The van der Waals surface area contributed by atoms with Gasteiger partial charge in [-0.05, 0) is 36.8 Å². The lowest BCUT2D eigenvalue weighted by atomic mass is 10.1. The smallest absolute Gasteiger partial charge is 0.299 e. The van der Waals surface area contributed by atoms with E-state index in [9.17, 15) is 8.78 Å². The van der Waals surface area contributed by atoms with Crippen LogP contribution >= 0.6 is 0 Å². The van der Waals surface area contributed by atoms with Gasteiger partial charge >= 0.3 is 0 Å². The minimum absolute atomic E-state index is 0.118. The summed E-state index contributed by atoms with van der Waals surface area (Å²) in [5.74, 6) is 1.37. The van der Waals surface area contributed by atoms with E-state index in [1.807, 2.05) is 25.1 Å². The first-order valence-electron chi connectivity index (χ1n) is 7.78. The van der Waals surface area contributed by atoms with Gasteiger partial charge in [-0.3, -0.25) is 0 Å². The number of benzene rings is 1. The second-order valence-corrected chi connectivity index (χ2v) is 5.62. The highest BCUT2D eigenvalue weighted by Gasteiger charge is 2.18. The summed E-state index contributed by atoms with van der Waals surface area (Å²) in [4.78, 5) is 0. The average molecular weight is 347 g/mol. The first-order valence-corrected chi connectivity index (χ1v) is 7.78. The standard InChI is InChI=1S/C16H15F2N5O2/c1-9(10-2-3-11-12(8-10)25-7-6-24-11)19-13-4-5-14-20-21-16(15(17)18)23(14)22-13/h2-5,8-9,15H,6-7H2,1H3,(H,19,22). The van der Waals surface area contributed by atoms with Crippen molar-refractivity contribution in [3.8, 4) is 11.5 Å². The van der Waals surface area contributed by atoms with E-state index in [4.69, 9.17) is 9.47 Å². The van der Waals surface area contributed by atoms with Gasteiger partial charge in [0.2, 0.25) is 5.82 Å². The van der Waals surface area contributed by atoms with Crippen LogP contribution in [0.3, 0.4) is 0 Å². The molecule has 0 aliphatic carbocycles. The van der Waals surface area contributed by atoms with Crippen molar-refractivity contribution in [3.05, 3.63) is 41.7 Å². The molecule has 3 heterocycles. The molecule has 1 unspecified atom stereocenters. The third kappa shape index (κ3) is 2.92. The van der Waals surface area contributed by atoms with Crippen molar-refractivity contribution in [1.29, 1.82) is 0 Å². The van der Waals surface area contributed by atoms with Crippen LogP contribution in [0.5, 0.6) is 11.5 Å². The first-order chi connectivity index (χ1) is 12.1. The molecule has 2 aromatic heterocycles. The molecule has 0 radical (unpaired) electrons. The van der Waals surface area contributed by atoms with Gasteiger partial charge in [-0.1, -0.05) is 6.07 Å². The van der Waals surface area contributed by atoms with Crippen LogP contribution in [0.1, 0.15) is 30.8 Å². The summed E-state index contributed by atoms with van der Waals surface area (Å²) in [6.07, 6.45) is -2.74. The number of nitrogens with zero attached hydrogens (tertiary/aromatic N) is 4. The van der Waals surface area contributed by atoms with E-state index < -0.39 is 12.2 Å². The van der Waals surface area contributed by atoms with Gasteiger partial charge in [0.15, 0.2) is 17.1 Å². The number of rotatable bonds is 4. The number of nitrogens with one attached hydrogen (secondary N) is 1. The van der Waals surface area contributed by atoms with Crippen LogP contribution in [0.15, 0.2) is 30.3 Å². The Balaban J connectivity index is 1.59. The largest absolute Gasteiger partial charge is 0.486 e. The van der Waals surface area contributed by atoms with Gasteiger partial charge in [0.25, 0.3) is 6.43 Å². The van der Waals surface area contributed by atoms with Gasteiger partial charge in [0, 0.05) is 0 Å². The Kier molecular flexibility index (Phi) is 3.83. The van der Waals surface area contributed by atoms with Crippen LogP contribution in [0.2, 0.25) is 0 Å². The summed E-state index contributed by atoms with van der Waals surface area (Å²) in [6, 6.07) is 8.82. The molecule has 0 saturated heterocycles. The second kappa shape index (κ2) is 6.15. The molecule has 1 aliphatic heterocycles. The third-order valence-electron chi connectivity index (χ3n) is 3.91. The molecule has 0 fully saturated rings. The molecule has 1 aromatic carbocycles. The van der Waals surface area contributed by atoms with Crippen molar-refractivity contribution >= 4 is 11.5 Å². The molecule has 0 amide bonds. The van der Waals surface area contributed by atoms with E-state index >= 15 is 0 Å². The zero-order valence-corrected chi connectivity index (χ0v) is 13.3. The summed E-state index contributed by atoms with van der Waals surface area (Å²) in [7, 11) is 0. The number of fused-ring (bicyclic) bond motifs is 2. The van der Waals surface area contributed by atoms with E-state index in [-0.39, 0.29) is 11.7 Å². The SMILES string of the molecule is CC(Nc1ccc2nnc(C(F)F)n2n1)c1ccc2c(c1)OCCO2. The maximum absolute atomic E-state index is 12.9. The number of anilines is 1. The van der Waals surface area contributed by atoms with Gasteiger partial charge in [-0.2, -0.15) is 4.52 Å². The van der Waals surface area contributed by atoms with Crippen LogP contribution < -0.4 is 14.8 Å². The molecular weight excluding hydrogens is 332 g/mol. The quantitative estimate of drug-likeness (QED) is 0.782. The molecule has 0 spiro atoms.